The lowest BCUT2D eigenvalue weighted by molar-refractivity contribution is -0.112. The summed E-state index contributed by atoms with van der Waals surface area (Å²) in [6.45, 7) is 2.36. The van der Waals surface area contributed by atoms with Gasteiger partial charge in [-0.2, -0.15) is 0 Å². The first-order valence-corrected chi connectivity index (χ1v) is 7.15. The predicted molar refractivity (Wildman–Crippen MR) is 73.5 cm³/mol. The van der Waals surface area contributed by atoms with E-state index >= 15 is 0 Å². The molecule has 0 aliphatic heterocycles. The number of para-hydroxylation sites is 1. The summed E-state index contributed by atoms with van der Waals surface area (Å²) in [7, 11) is 0. The van der Waals surface area contributed by atoms with Crippen LogP contribution in [0.15, 0.2) is 30.3 Å². The molecule has 94 valence electrons. The van der Waals surface area contributed by atoms with Crippen LogP contribution in [0.2, 0.25) is 0 Å². The minimum atomic E-state index is 0.116. The van der Waals surface area contributed by atoms with Crippen molar-refractivity contribution >= 4 is 16.9 Å². The summed E-state index contributed by atoms with van der Waals surface area (Å²) in [5, 5.41) is 0.116. The molecular weight excluding hydrogens is 232 g/mol. The largest absolute Gasteiger partial charge is 0.485 e. The second kappa shape index (κ2) is 9.11. The third-order valence-corrected chi connectivity index (χ3v) is 3.29. The van der Waals surface area contributed by atoms with Gasteiger partial charge in [0.05, 0.1) is 0 Å². The Balaban J connectivity index is 2.05. The number of ether oxygens (including phenoxy) is 1. The van der Waals surface area contributed by atoms with Crippen molar-refractivity contribution in [3.8, 4) is 5.75 Å². The Kier molecular flexibility index (Phi) is 7.56. The van der Waals surface area contributed by atoms with E-state index in [1.807, 2.05) is 30.3 Å². The van der Waals surface area contributed by atoms with Gasteiger partial charge < -0.3 is 4.74 Å². The van der Waals surface area contributed by atoms with Gasteiger partial charge in [0, 0.05) is 5.75 Å². The van der Waals surface area contributed by atoms with Gasteiger partial charge in [0.15, 0.2) is 6.61 Å². The summed E-state index contributed by atoms with van der Waals surface area (Å²) >= 11 is 1.38. The first-order valence-electron chi connectivity index (χ1n) is 6.16. The van der Waals surface area contributed by atoms with Crippen LogP contribution in [0.3, 0.4) is 0 Å². The monoisotopic (exact) mass is 252 g/mol. The van der Waals surface area contributed by atoms with Crippen molar-refractivity contribution < 1.29 is 9.53 Å². The summed E-state index contributed by atoms with van der Waals surface area (Å²) in [6.07, 6.45) is 4.83. The summed E-state index contributed by atoms with van der Waals surface area (Å²) in [5.74, 6) is 1.67. The molecule has 17 heavy (non-hydrogen) atoms. The highest BCUT2D eigenvalue weighted by Crippen LogP contribution is 2.12. The SMILES string of the molecule is CCCCCCSC(=O)COc1ccccc1. The van der Waals surface area contributed by atoms with Crippen LogP contribution in [-0.2, 0) is 4.79 Å². The summed E-state index contributed by atoms with van der Waals surface area (Å²) in [6, 6.07) is 9.45. The fourth-order valence-electron chi connectivity index (χ4n) is 1.42. The van der Waals surface area contributed by atoms with E-state index in [9.17, 15) is 4.79 Å². The van der Waals surface area contributed by atoms with Gasteiger partial charge in [0.1, 0.15) is 5.75 Å². The van der Waals surface area contributed by atoms with Gasteiger partial charge in [0.2, 0.25) is 5.12 Å². The molecule has 0 saturated carbocycles. The maximum Gasteiger partial charge on any atom is 0.226 e. The molecule has 0 aromatic heterocycles. The molecule has 0 radical (unpaired) electrons. The fraction of sp³-hybridized carbons (Fsp3) is 0.500. The Morgan fingerprint density at radius 2 is 1.94 bits per heavy atom. The van der Waals surface area contributed by atoms with E-state index < -0.39 is 0 Å². The average Bonchev–Trinajstić information content (AvgIpc) is 2.37. The second-order valence-corrected chi connectivity index (χ2v) is 5.04. The normalized spacial score (nSPS) is 10.2. The highest BCUT2D eigenvalue weighted by atomic mass is 32.2. The third-order valence-electron chi connectivity index (χ3n) is 2.36. The molecule has 0 unspecified atom stereocenters. The van der Waals surface area contributed by atoms with Gasteiger partial charge in [-0.3, -0.25) is 4.79 Å². The summed E-state index contributed by atoms with van der Waals surface area (Å²) < 4.78 is 5.38. The Morgan fingerprint density at radius 3 is 2.65 bits per heavy atom. The number of hydrogen-bond donors (Lipinski definition) is 0. The molecule has 1 rings (SSSR count). The molecule has 0 saturated heterocycles. The van der Waals surface area contributed by atoms with Gasteiger partial charge in [-0.05, 0) is 18.6 Å². The number of carbonyl (C=O) groups is 1. The zero-order valence-corrected chi connectivity index (χ0v) is 11.2. The van der Waals surface area contributed by atoms with Crippen LogP contribution in [0.25, 0.3) is 0 Å². The molecule has 0 N–H and O–H groups in total. The van der Waals surface area contributed by atoms with Crippen molar-refractivity contribution in [1.29, 1.82) is 0 Å². The van der Waals surface area contributed by atoms with E-state index in [-0.39, 0.29) is 11.7 Å². The zero-order chi connectivity index (χ0) is 12.3. The highest BCUT2D eigenvalue weighted by molar-refractivity contribution is 8.13. The van der Waals surface area contributed by atoms with E-state index in [0.717, 1.165) is 17.9 Å². The lowest BCUT2D eigenvalue weighted by Gasteiger charge is -2.04. The molecule has 0 spiro atoms. The quantitative estimate of drug-likeness (QED) is 0.656. The Morgan fingerprint density at radius 1 is 1.18 bits per heavy atom. The molecule has 0 atom stereocenters. The molecule has 1 aromatic carbocycles. The number of thioether (sulfide) groups is 1. The molecule has 2 nitrogen and oxygen atoms in total. The first-order chi connectivity index (χ1) is 8.33. The summed E-state index contributed by atoms with van der Waals surface area (Å²) in [4.78, 5) is 11.5. The Hall–Kier alpha value is -0.960. The topological polar surface area (TPSA) is 26.3 Å². The fourth-order valence-corrected chi connectivity index (χ4v) is 2.13. The molecule has 0 bridgehead atoms. The Labute approximate surface area is 108 Å². The molecule has 0 fully saturated rings. The molecular formula is C14H20O2S. The highest BCUT2D eigenvalue weighted by Gasteiger charge is 2.03. The van der Waals surface area contributed by atoms with Crippen molar-refractivity contribution in [3.63, 3.8) is 0 Å². The minimum Gasteiger partial charge on any atom is -0.485 e. The van der Waals surface area contributed by atoms with E-state index in [0.29, 0.717) is 0 Å². The van der Waals surface area contributed by atoms with Crippen LogP contribution in [0.1, 0.15) is 32.6 Å². The zero-order valence-electron chi connectivity index (χ0n) is 10.4. The predicted octanol–water partition coefficient (Wildman–Crippen LogP) is 3.91. The van der Waals surface area contributed by atoms with Crippen LogP contribution in [-0.4, -0.2) is 17.5 Å². The lowest BCUT2D eigenvalue weighted by atomic mass is 10.2. The number of hydrogen-bond acceptors (Lipinski definition) is 3. The average molecular weight is 252 g/mol. The van der Waals surface area contributed by atoms with Crippen LogP contribution in [0.5, 0.6) is 5.75 Å². The number of rotatable bonds is 8. The van der Waals surface area contributed by atoms with E-state index in [1.165, 1.54) is 31.0 Å². The standard InChI is InChI=1S/C14H20O2S/c1-2-3-4-8-11-17-14(15)12-16-13-9-6-5-7-10-13/h5-7,9-10H,2-4,8,11-12H2,1H3. The maximum atomic E-state index is 11.5. The van der Waals surface area contributed by atoms with Gasteiger partial charge in [-0.25, -0.2) is 0 Å². The smallest absolute Gasteiger partial charge is 0.226 e. The molecule has 3 heteroatoms. The van der Waals surface area contributed by atoms with Gasteiger partial charge in [-0.15, -0.1) is 0 Å². The minimum absolute atomic E-state index is 0.116. The molecule has 0 heterocycles. The van der Waals surface area contributed by atoms with Crippen LogP contribution in [0.4, 0.5) is 0 Å². The first kappa shape index (κ1) is 14.1. The van der Waals surface area contributed by atoms with Crippen LogP contribution >= 0.6 is 11.8 Å². The molecule has 1 aromatic rings. The van der Waals surface area contributed by atoms with Gasteiger partial charge in [-0.1, -0.05) is 56.1 Å². The molecule has 0 aliphatic carbocycles. The lowest BCUT2D eigenvalue weighted by Crippen LogP contribution is -2.07. The van der Waals surface area contributed by atoms with Crippen molar-refractivity contribution in [3.05, 3.63) is 30.3 Å². The van der Waals surface area contributed by atoms with Gasteiger partial charge >= 0.3 is 0 Å². The van der Waals surface area contributed by atoms with Gasteiger partial charge in [0.25, 0.3) is 0 Å². The number of carbonyl (C=O) groups excluding carboxylic acids is 1. The molecule has 0 amide bonds. The second-order valence-electron chi connectivity index (χ2n) is 3.88. The third kappa shape index (κ3) is 7.05. The van der Waals surface area contributed by atoms with Crippen LogP contribution in [0, 0.1) is 0 Å². The van der Waals surface area contributed by atoms with E-state index in [2.05, 4.69) is 6.92 Å². The van der Waals surface area contributed by atoms with E-state index in [1.54, 1.807) is 0 Å². The van der Waals surface area contributed by atoms with Crippen molar-refractivity contribution in [1.82, 2.24) is 0 Å². The summed E-state index contributed by atoms with van der Waals surface area (Å²) in [5.41, 5.74) is 0. The van der Waals surface area contributed by atoms with Crippen molar-refractivity contribution in [2.45, 2.75) is 32.6 Å². The van der Waals surface area contributed by atoms with Crippen LogP contribution < -0.4 is 4.74 Å². The molecule has 0 aliphatic rings. The van der Waals surface area contributed by atoms with Crippen molar-refractivity contribution in [2.24, 2.45) is 0 Å². The van der Waals surface area contributed by atoms with E-state index in [4.69, 9.17) is 4.74 Å². The van der Waals surface area contributed by atoms with Crippen molar-refractivity contribution in [2.75, 3.05) is 12.4 Å². The Bertz CT molecular complexity index is 311. The number of unbranched alkanes of at least 4 members (excludes halogenated alkanes) is 3. The number of benzene rings is 1. The maximum absolute atomic E-state index is 11.5.